The zero-order chi connectivity index (χ0) is 16.2. The summed E-state index contributed by atoms with van der Waals surface area (Å²) in [6, 6.07) is 2.03. The second-order valence-electron chi connectivity index (χ2n) is 3.97. The van der Waals surface area contributed by atoms with Crippen LogP contribution in [0.1, 0.15) is 10.4 Å². The van der Waals surface area contributed by atoms with Gasteiger partial charge in [0.05, 0.1) is 5.56 Å². The molecule has 0 atom stereocenters. The van der Waals surface area contributed by atoms with Gasteiger partial charge >= 0.3 is 5.97 Å². The minimum atomic E-state index is -4.21. The maximum absolute atomic E-state index is 14.2. The average Bonchev–Trinajstić information content (AvgIpc) is 2.40. The molecule has 0 radical (unpaired) electrons. The molecule has 1 aromatic rings. The first kappa shape index (κ1) is 17.5. The largest absolute Gasteiger partial charge is 0.478 e. The molecule has 0 aliphatic heterocycles. The van der Waals surface area contributed by atoms with Crippen LogP contribution in [0.25, 0.3) is 0 Å². The van der Waals surface area contributed by atoms with E-state index in [0.717, 1.165) is 16.4 Å². The van der Waals surface area contributed by atoms with E-state index in [1.54, 1.807) is 0 Å². The summed E-state index contributed by atoms with van der Waals surface area (Å²) in [5.41, 5.74) is -0.722. The van der Waals surface area contributed by atoms with Crippen LogP contribution in [0.3, 0.4) is 0 Å². The Hall–Kier alpha value is -1.51. The van der Waals surface area contributed by atoms with Gasteiger partial charge in [-0.15, -0.1) is 13.2 Å². The highest BCUT2D eigenvalue weighted by molar-refractivity contribution is 9.10. The predicted molar refractivity (Wildman–Crippen MR) is 80.2 cm³/mol. The summed E-state index contributed by atoms with van der Waals surface area (Å²) in [7, 11) is -4.21. The van der Waals surface area contributed by atoms with Crippen LogP contribution in [0.15, 0.2) is 46.8 Å². The van der Waals surface area contributed by atoms with Gasteiger partial charge in [-0.2, -0.15) is 4.31 Å². The van der Waals surface area contributed by atoms with Crippen molar-refractivity contribution in [1.82, 2.24) is 4.31 Å². The van der Waals surface area contributed by atoms with Crippen LogP contribution in [-0.4, -0.2) is 36.9 Å². The molecule has 0 unspecified atom stereocenters. The first-order valence-electron chi connectivity index (χ1n) is 5.70. The van der Waals surface area contributed by atoms with Crippen molar-refractivity contribution < 1.29 is 22.7 Å². The van der Waals surface area contributed by atoms with Crippen LogP contribution in [-0.2, 0) is 10.0 Å². The van der Waals surface area contributed by atoms with Crippen molar-refractivity contribution in [2.75, 3.05) is 13.1 Å². The fraction of sp³-hybridized carbons (Fsp3) is 0.154. The fourth-order valence-corrected chi connectivity index (χ4v) is 3.71. The van der Waals surface area contributed by atoms with Gasteiger partial charge in [0.25, 0.3) is 0 Å². The lowest BCUT2D eigenvalue weighted by Crippen LogP contribution is -2.32. The SMILES string of the molecule is C=CCN(CC=C)S(=O)(=O)c1cc(Br)cc(C(=O)O)c1F. The van der Waals surface area contributed by atoms with Crippen molar-refractivity contribution in [2.45, 2.75) is 4.90 Å². The minimum absolute atomic E-state index is 0.0529. The van der Waals surface area contributed by atoms with Gasteiger partial charge in [0.15, 0.2) is 5.82 Å². The molecular weight excluding hydrogens is 365 g/mol. The first-order valence-corrected chi connectivity index (χ1v) is 7.93. The zero-order valence-electron chi connectivity index (χ0n) is 10.9. The maximum atomic E-state index is 14.2. The van der Waals surface area contributed by atoms with Crippen LogP contribution in [0.5, 0.6) is 0 Å². The number of sulfonamides is 1. The number of benzene rings is 1. The second kappa shape index (κ2) is 6.97. The van der Waals surface area contributed by atoms with Gasteiger partial charge in [0.1, 0.15) is 4.90 Å². The normalized spacial score (nSPS) is 11.4. The van der Waals surface area contributed by atoms with E-state index in [1.165, 1.54) is 12.2 Å². The van der Waals surface area contributed by atoms with Gasteiger partial charge in [-0.3, -0.25) is 0 Å². The molecule has 0 bridgehead atoms. The van der Waals surface area contributed by atoms with Crippen molar-refractivity contribution in [3.05, 3.63) is 53.3 Å². The smallest absolute Gasteiger partial charge is 0.338 e. The molecule has 0 aliphatic rings. The number of aromatic carboxylic acids is 1. The molecule has 1 rings (SSSR count). The van der Waals surface area contributed by atoms with E-state index in [2.05, 4.69) is 29.1 Å². The molecule has 114 valence electrons. The Morgan fingerprint density at radius 3 is 2.29 bits per heavy atom. The quantitative estimate of drug-likeness (QED) is 0.741. The van der Waals surface area contributed by atoms with Gasteiger partial charge in [0, 0.05) is 17.6 Å². The summed E-state index contributed by atoms with van der Waals surface area (Å²) in [4.78, 5) is 10.3. The molecule has 0 saturated carbocycles. The van der Waals surface area contributed by atoms with E-state index in [9.17, 15) is 17.6 Å². The van der Waals surface area contributed by atoms with E-state index < -0.39 is 32.3 Å². The number of rotatable bonds is 7. The summed E-state index contributed by atoms with van der Waals surface area (Å²) in [5.74, 6) is -2.85. The maximum Gasteiger partial charge on any atom is 0.338 e. The van der Waals surface area contributed by atoms with Gasteiger partial charge < -0.3 is 5.11 Å². The molecule has 0 aliphatic carbocycles. The molecule has 0 spiro atoms. The molecule has 0 saturated heterocycles. The Kier molecular flexibility index (Phi) is 5.82. The van der Waals surface area contributed by atoms with Crippen LogP contribution < -0.4 is 0 Å². The molecule has 0 heterocycles. The number of halogens is 2. The number of carboxylic acid groups (broad SMARTS) is 1. The Balaban J connectivity index is 3.53. The van der Waals surface area contributed by atoms with Crippen LogP contribution >= 0.6 is 15.9 Å². The molecule has 0 fully saturated rings. The third-order valence-corrected chi connectivity index (χ3v) is 4.81. The highest BCUT2D eigenvalue weighted by atomic mass is 79.9. The number of carboxylic acids is 1. The van der Waals surface area contributed by atoms with Crippen molar-refractivity contribution in [2.24, 2.45) is 0 Å². The third-order valence-electron chi connectivity index (χ3n) is 2.52. The topological polar surface area (TPSA) is 74.7 Å². The molecule has 5 nitrogen and oxygen atoms in total. The second-order valence-corrected chi connectivity index (χ2v) is 6.79. The van der Waals surface area contributed by atoms with E-state index in [-0.39, 0.29) is 17.6 Å². The van der Waals surface area contributed by atoms with Crippen LogP contribution in [0, 0.1) is 5.82 Å². The molecular formula is C13H13BrFNO4S. The Morgan fingerprint density at radius 1 is 1.33 bits per heavy atom. The highest BCUT2D eigenvalue weighted by Gasteiger charge is 2.29. The lowest BCUT2D eigenvalue weighted by atomic mass is 10.2. The Morgan fingerprint density at radius 2 is 1.86 bits per heavy atom. The Labute approximate surface area is 130 Å². The summed E-state index contributed by atoms with van der Waals surface area (Å²) in [6.07, 6.45) is 2.68. The lowest BCUT2D eigenvalue weighted by molar-refractivity contribution is 0.0691. The van der Waals surface area contributed by atoms with Crippen molar-refractivity contribution in [3.8, 4) is 0 Å². The molecule has 8 heteroatoms. The summed E-state index contributed by atoms with van der Waals surface area (Å²) >= 11 is 2.98. The number of carbonyl (C=O) groups is 1. The summed E-state index contributed by atoms with van der Waals surface area (Å²) < 4.78 is 40.1. The van der Waals surface area contributed by atoms with Crippen molar-refractivity contribution in [3.63, 3.8) is 0 Å². The predicted octanol–water partition coefficient (Wildman–Crippen LogP) is 2.65. The molecule has 1 aromatic carbocycles. The molecule has 0 aromatic heterocycles. The van der Waals surface area contributed by atoms with E-state index >= 15 is 0 Å². The van der Waals surface area contributed by atoms with Gasteiger partial charge in [-0.1, -0.05) is 28.1 Å². The standard InChI is InChI=1S/C13H13BrFNO4S/c1-3-5-16(6-4-2)21(19,20)11-8-9(14)7-10(12(11)15)13(17)18/h3-4,7-8H,1-2,5-6H2,(H,17,18). The highest BCUT2D eigenvalue weighted by Crippen LogP contribution is 2.26. The number of nitrogens with zero attached hydrogens (tertiary/aromatic N) is 1. The lowest BCUT2D eigenvalue weighted by Gasteiger charge is -2.20. The summed E-state index contributed by atoms with van der Waals surface area (Å²) in [5, 5.41) is 8.92. The minimum Gasteiger partial charge on any atom is -0.478 e. The third kappa shape index (κ3) is 3.78. The molecule has 21 heavy (non-hydrogen) atoms. The van der Waals surface area contributed by atoms with Crippen molar-refractivity contribution in [1.29, 1.82) is 0 Å². The number of hydrogen-bond donors (Lipinski definition) is 1. The van der Waals surface area contributed by atoms with Crippen LogP contribution in [0.2, 0.25) is 0 Å². The van der Waals surface area contributed by atoms with Crippen LogP contribution in [0.4, 0.5) is 4.39 Å². The van der Waals surface area contributed by atoms with E-state index in [4.69, 9.17) is 5.11 Å². The Bertz CT molecular complexity index is 678. The van der Waals surface area contributed by atoms with Crippen molar-refractivity contribution >= 4 is 31.9 Å². The zero-order valence-corrected chi connectivity index (χ0v) is 13.3. The van der Waals surface area contributed by atoms with Gasteiger partial charge in [-0.05, 0) is 12.1 Å². The van der Waals surface area contributed by atoms with E-state index in [1.807, 2.05) is 0 Å². The monoisotopic (exact) mass is 377 g/mol. The number of hydrogen-bond acceptors (Lipinski definition) is 3. The average molecular weight is 378 g/mol. The fourth-order valence-electron chi connectivity index (χ4n) is 1.61. The first-order chi connectivity index (χ1) is 9.75. The van der Waals surface area contributed by atoms with Gasteiger partial charge in [0.2, 0.25) is 10.0 Å². The molecule has 0 amide bonds. The van der Waals surface area contributed by atoms with E-state index in [0.29, 0.717) is 0 Å². The van der Waals surface area contributed by atoms with Gasteiger partial charge in [-0.25, -0.2) is 17.6 Å². The molecule has 1 N–H and O–H groups in total. The summed E-state index contributed by atoms with van der Waals surface area (Å²) in [6.45, 7) is 6.77.